The van der Waals surface area contributed by atoms with Crippen LogP contribution in [0.1, 0.15) is 24.0 Å². The minimum Gasteiger partial charge on any atom is -0.363 e. The van der Waals surface area contributed by atoms with Gasteiger partial charge in [-0.2, -0.15) is 5.10 Å². The summed E-state index contributed by atoms with van der Waals surface area (Å²) in [5, 5.41) is 14.7. The second kappa shape index (κ2) is 11.3. The molecule has 0 aliphatic carbocycles. The molecule has 1 aromatic carbocycles. The molecule has 0 unspecified atom stereocenters. The highest BCUT2D eigenvalue weighted by molar-refractivity contribution is 14.0. The summed E-state index contributed by atoms with van der Waals surface area (Å²) in [7, 11) is 1.83. The van der Waals surface area contributed by atoms with Crippen molar-refractivity contribution in [1.29, 1.82) is 0 Å². The van der Waals surface area contributed by atoms with Crippen LogP contribution in [0.2, 0.25) is 0 Å². The van der Waals surface area contributed by atoms with Crippen molar-refractivity contribution in [3.05, 3.63) is 65.6 Å². The lowest BCUT2D eigenvalue weighted by Gasteiger charge is -2.33. The molecule has 2 aromatic heterocycles. The first-order valence-electron chi connectivity index (χ1n) is 9.96. The summed E-state index contributed by atoms with van der Waals surface area (Å²) in [6, 6.07) is 13.3. The van der Waals surface area contributed by atoms with Crippen LogP contribution in [0.25, 0.3) is 0 Å². The van der Waals surface area contributed by atoms with E-state index < -0.39 is 0 Å². The number of nitrogens with one attached hydrogen (secondary N) is 2. The molecule has 1 saturated heterocycles. The van der Waals surface area contributed by atoms with Crippen LogP contribution in [0.5, 0.6) is 0 Å². The van der Waals surface area contributed by atoms with Gasteiger partial charge in [0.2, 0.25) is 0 Å². The van der Waals surface area contributed by atoms with Crippen LogP contribution in [0.3, 0.4) is 0 Å². The van der Waals surface area contributed by atoms with Gasteiger partial charge in [-0.15, -0.1) is 35.3 Å². The standard InChI is InChI=1S/C21H27N7S.HI/c1-22-21(26-19-7-9-27(10-8-19)20-6-3-11-29-20)24-13-17-4-2-5-18(12-17)14-28-16-23-15-25-28;/h2-6,11-12,15-16,19H,7-10,13-14H2,1H3,(H2,22,24,26);1H. The van der Waals surface area contributed by atoms with Gasteiger partial charge in [-0.3, -0.25) is 4.99 Å². The van der Waals surface area contributed by atoms with E-state index in [1.54, 1.807) is 12.7 Å². The average Bonchev–Trinajstić information content (AvgIpc) is 3.46. The largest absolute Gasteiger partial charge is 0.363 e. The first kappa shape index (κ1) is 22.5. The predicted octanol–water partition coefficient (Wildman–Crippen LogP) is 3.34. The molecule has 0 atom stereocenters. The van der Waals surface area contributed by atoms with Crippen molar-refractivity contribution in [3.8, 4) is 0 Å². The van der Waals surface area contributed by atoms with E-state index in [1.165, 1.54) is 16.1 Å². The molecule has 0 amide bonds. The minimum absolute atomic E-state index is 0. The van der Waals surface area contributed by atoms with Gasteiger partial charge in [0.25, 0.3) is 0 Å². The van der Waals surface area contributed by atoms with E-state index in [0.29, 0.717) is 6.04 Å². The molecular weight excluding hydrogens is 509 g/mol. The number of aliphatic imine (C=N–C) groups is 1. The number of benzene rings is 1. The van der Waals surface area contributed by atoms with E-state index in [9.17, 15) is 0 Å². The highest BCUT2D eigenvalue weighted by atomic mass is 127. The molecule has 1 aliphatic rings. The van der Waals surface area contributed by atoms with Gasteiger partial charge in [0.15, 0.2) is 5.96 Å². The Balaban J connectivity index is 0.00000256. The lowest BCUT2D eigenvalue weighted by Crippen LogP contribution is -2.48. The lowest BCUT2D eigenvalue weighted by molar-refractivity contribution is 0.463. The zero-order chi connectivity index (χ0) is 19.9. The summed E-state index contributed by atoms with van der Waals surface area (Å²) in [4.78, 5) is 10.9. The molecule has 3 aromatic rings. The Kier molecular flexibility index (Phi) is 8.50. The lowest BCUT2D eigenvalue weighted by atomic mass is 10.1. The molecule has 4 rings (SSSR count). The topological polar surface area (TPSA) is 70.4 Å². The maximum atomic E-state index is 4.41. The third-order valence-corrected chi connectivity index (χ3v) is 6.07. The van der Waals surface area contributed by atoms with Gasteiger partial charge >= 0.3 is 0 Å². The van der Waals surface area contributed by atoms with E-state index in [4.69, 9.17) is 0 Å². The van der Waals surface area contributed by atoms with Gasteiger partial charge in [-0.1, -0.05) is 24.3 Å². The van der Waals surface area contributed by atoms with E-state index in [2.05, 4.69) is 72.4 Å². The van der Waals surface area contributed by atoms with Crippen LogP contribution in [-0.4, -0.2) is 46.9 Å². The smallest absolute Gasteiger partial charge is 0.191 e. The quantitative estimate of drug-likeness (QED) is 0.287. The van der Waals surface area contributed by atoms with Gasteiger partial charge < -0.3 is 15.5 Å². The first-order valence-corrected chi connectivity index (χ1v) is 10.8. The summed E-state index contributed by atoms with van der Waals surface area (Å²) in [5.74, 6) is 0.862. The van der Waals surface area contributed by atoms with E-state index >= 15 is 0 Å². The fourth-order valence-electron chi connectivity index (χ4n) is 3.61. The Morgan fingerprint density at radius 1 is 1.20 bits per heavy atom. The number of nitrogens with zero attached hydrogens (tertiary/aromatic N) is 5. The average molecular weight is 537 g/mol. The van der Waals surface area contributed by atoms with Crippen LogP contribution in [0.15, 0.2) is 59.4 Å². The predicted molar refractivity (Wildman–Crippen MR) is 134 cm³/mol. The molecule has 1 aliphatic heterocycles. The maximum absolute atomic E-state index is 4.41. The monoisotopic (exact) mass is 537 g/mol. The molecule has 7 nitrogen and oxygen atoms in total. The highest BCUT2D eigenvalue weighted by Crippen LogP contribution is 2.24. The van der Waals surface area contributed by atoms with Crippen molar-refractivity contribution in [2.45, 2.75) is 32.0 Å². The van der Waals surface area contributed by atoms with Crippen molar-refractivity contribution in [1.82, 2.24) is 25.4 Å². The van der Waals surface area contributed by atoms with Crippen LogP contribution < -0.4 is 15.5 Å². The fraction of sp³-hybridized carbons (Fsp3) is 0.381. The van der Waals surface area contributed by atoms with Crippen LogP contribution >= 0.6 is 35.3 Å². The molecule has 30 heavy (non-hydrogen) atoms. The second-order valence-corrected chi connectivity index (χ2v) is 8.12. The van der Waals surface area contributed by atoms with Crippen LogP contribution in [0, 0.1) is 0 Å². The molecule has 1 fully saturated rings. The number of thiophene rings is 1. The number of guanidine groups is 1. The Hall–Kier alpha value is -2.14. The molecule has 0 saturated carbocycles. The number of hydrogen-bond acceptors (Lipinski definition) is 5. The Labute approximate surface area is 198 Å². The van der Waals surface area contributed by atoms with Crippen molar-refractivity contribution >= 4 is 46.3 Å². The number of piperidine rings is 1. The van der Waals surface area contributed by atoms with Gasteiger partial charge in [0.05, 0.1) is 11.5 Å². The third kappa shape index (κ3) is 6.18. The summed E-state index contributed by atoms with van der Waals surface area (Å²) in [6.07, 6.45) is 5.53. The number of rotatable bonds is 6. The molecule has 0 bridgehead atoms. The Bertz CT molecular complexity index is 903. The molecule has 9 heteroatoms. The highest BCUT2D eigenvalue weighted by Gasteiger charge is 2.20. The van der Waals surface area contributed by atoms with Crippen molar-refractivity contribution < 1.29 is 0 Å². The zero-order valence-corrected chi connectivity index (χ0v) is 20.2. The summed E-state index contributed by atoms with van der Waals surface area (Å²) < 4.78 is 1.83. The molecule has 3 heterocycles. The number of halogens is 1. The first-order chi connectivity index (χ1) is 14.3. The van der Waals surface area contributed by atoms with Gasteiger partial charge in [0, 0.05) is 32.7 Å². The molecular formula is C21H28IN7S. The summed E-state index contributed by atoms with van der Waals surface area (Å²) in [6.45, 7) is 3.63. The van der Waals surface area contributed by atoms with Gasteiger partial charge in [0.1, 0.15) is 12.7 Å². The SMILES string of the molecule is CN=C(NCc1cccc(Cn2cncn2)c1)NC1CCN(c2cccs2)CC1.I. The molecule has 160 valence electrons. The number of anilines is 1. The second-order valence-electron chi connectivity index (χ2n) is 7.20. The third-order valence-electron chi connectivity index (χ3n) is 5.14. The maximum Gasteiger partial charge on any atom is 0.191 e. The van der Waals surface area contributed by atoms with Crippen molar-refractivity contribution in [2.24, 2.45) is 4.99 Å². The molecule has 0 radical (unpaired) electrons. The molecule has 0 spiro atoms. The van der Waals surface area contributed by atoms with Crippen molar-refractivity contribution in [3.63, 3.8) is 0 Å². The Morgan fingerprint density at radius 2 is 2.03 bits per heavy atom. The Morgan fingerprint density at radius 3 is 2.73 bits per heavy atom. The van der Waals surface area contributed by atoms with Crippen molar-refractivity contribution in [2.75, 3.05) is 25.0 Å². The molecule has 2 N–H and O–H groups in total. The normalized spacial score (nSPS) is 15.0. The number of aromatic nitrogens is 3. The van der Waals surface area contributed by atoms with Crippen LogP contribution in [-0.2, 0) is 13.1 Å². The summed E-state index contributed by atoms with van der Waals surface area (Å²) >= 11 is 1.82. The summed E-state index contributed by atoms with van der Waals surface area (Å²) in [5.41, 5.74) is 2.43. The van der Waals surface area contributed by atoms with E-state index in [1.807, 2.05) is 23.1 Å². The van der Waals surface area contributed by atoms with E-state index in [0.717, 1.165) is 45.0 Å². The van der Waals surface area contributed by atoms with E-state index in [-0.39, 0.29) is 24.0 Å². The minimum atomic E-state index is 0. The van der Waals surface area contributed by atoms with Crippen LogP contribution in [0.4, 0.5) is 5.00 Å². The van der Waals surface area contributed by atoms with Gasteiger partial charge in [-0.25, -0.2) is 9.67 Å². The number of hydrogen-bond donors (Lipinski definition) is 2. The van der Waals surface area contributed by atoms with Gasteiger partial charge in [-0.05, 0) is 41.5 Å². The zero-order valence-electron chi connectivity index (χ0n) is 17.1. The fourth-order valence-corrected chi connectivity index (χ4v) is 4.39.